The second-order valence-corrected chi connectivity index (χ2v) is 5.62. The quantitative estimate of drug-likeness (QED) is 0.666. The van der Waals surface area contributed by atoms with E-state index in [1.807, 2.05) is 12.3 Å². The highest BCUT2D eigenvalue weighted by molar-refractivity contribution is 7.20. The van der Waals surface area contributed by atoms with Gasteiger partial charge in [0.05, 0.1) is 7.11 Å². The Kier molecular flexibility index (Phi) is 3.24. The van der Waals surface area contributed by atoms with Gasteiger partial charge >= 0.3 is 5.97 Å². The van der Waals surface area contributed by atoms with Crippen molar-refractivity contribution in [2.75, 3.05) is 7.11 Å². The molecule has 0 saturated carbocycles. The van der Waals surface area contributed by atoms with Crippen LogP contribution >= 0.6 is 11.3 Å². The van der Waals surface area contributed by atoms with Crippen molar-refractivity contribution in [2.24, 2.45) is 0 Å². The Labute approximate surface area is 120 Å². The topological polar surface area (TPSA) is 39.2 Å². The van der Waals surface area contributed by atoms with Gasteiger partial charge in [0.1, 0.15) is 9.71 Å². The number of methoxy groups -OCH3 is 1. The average molecular weight is 283 g/mol. The van der Waals surface area contributed by atoms with Gasteiger partial charge in [0.15, 0.2) is 0 Å². The predicted molar refractivity (Wildman–Crippen MR) is 81.1 cm³/mol. The predicted octanol–water partition coefficient (Wildman–Crippen LogP) is 4.06. The number of ether oxygens (including phenoxy) is 1. The number of rotatable bonds is 2. The first-order valence-electron chi connectivity index (χ1n) is 6.22. The lowest BCUT2D eigenvalue weighted by molar-refractivity contribution is 0.0606. The second-order valence-electron chi connectivity index (χ2n) is 4.59. The third-order valence-electron chi connectivity index (χ3n) is 3.14. The molecule has 0 atom stereocenters. The first-order chi connectivity index (χ1) is 9.67. The highest BCUT2D eigenvalue weighted by Crippen LogP contribution is 2.28. The number of hydrogen-bond donors (Lipinski definition) is 0. The van der Waals surface area contributed by atoms with Gasteiger partial charge in [0.25, 0.3) is 0 Å². The molecule has 0 aliphatic carbocycles. The van der Waals surface area contributed by atoms with Crippen LogP contribution in [0.15, 0.2) is 42.6 Å². The van der Waals surface area contributed by atoms with E-state index in [9.17, 15) is 4.79 Å². The maximum absolute atomic E-state index is 11.5. The number of benzene rings is 1. The zero-order valence-electron chi connectivity index (χ0n) is 11.2. The van der Waals surface area contributed by atoms with Gasteiger partial charge in [0.2, 0.25) is 0 Å². The second kappa shape index (κ2) is 5.06. The van der Waals surface area contributed by atoms with Crippen LogP contribution in [-0.2, 0) is 4.74 Å². The number of carbonyl (C=O) groups is 1. The third kappa shape index (κ3) is 2.30. The molecule has 3 aromatic rings. The smallest absolute Gasteiger partial charge is 0.348 e. The van der Waals surface area contributed by atoms with E-state index in [0.717, 1.165) is 21.3 Å². The van der Waals surface area contributed by atoms with Crippen LogP contribution in [0.2, 0.25) is 0 Å². The monoisotopic (exact) mass is 283 g/mol. The Hall–Kier alpha value is -2.20. The number of fused-ring (bicyclic) bond motifs is 1. The molecule has 2 aromatic heterocycles. The maximum Gasteiger partial charge on any atom is 0.348 e. The van der Waals surface area contributed by atoms with Crippen molar-refractivity contribution in [1.82, 2.24) is 4.98 Å². The molecule has 0 aliphatic rings. The Morgan fingerprint density at radius 2 is 1.90 bits per heavy atom. The van der Waals surface area contributed by atoms with E-state index in [0.29, 0.717) is 4.88 Å². The van der Waals surface area contributed by atoms with Gasteiger partial charge in [-0.1, -0.05) is 29.8 Å². The normalized spacial score (nSPS) is 10.7. The molecule has 3 rings (SSSR count). The molecule has 0 spiro atoms. The number of aryl methyl sites for hydroxylation is 1. The standard InChI is InChI=1S/C16H13NO2S/c1-10-3-5-11(6-4-10)13-7-12-8-14(16(18)19-2)20-15(12)17-9-13/h3-9H,1-2H3. The molecule has 0 N–H and O–H groups in total. The molecule has 3 nitrogen and oxygen atoms in total. The first-order valence-corrected chi connectivity index (χ1v) is 7.04. The summed E-state index contributed by atoms with van der Waals surface area (Å²) < 4.78 is 4.74. The molecular formula is C16H13NO2S. The van der Waals surface area contributed by atoms with Crippen LogP contribution in [0, 0.1) is 6.92 Å². The fourth-order valence-corrected chi connectivity index (χ4v) is 2.94. The van der Waals surface area contributed by atoms with Crippen molar-refractivity contribution >= 4 is 27.5 Å². The third-order valence-corrected chi connectivity index (χ3v) is 4.18. The Morgan fingerprint density at radius 3 is 2.60 bits per heavy atom. The fourth-order valence-electron chi connectivity index (χ4n) is 2.04. The molecule has 20 heavy (non-hydrogen) atoms. The molecule has 0 amide bonds. The van der Waals surface area contributed by atoms with Gasteiger partial charge in [0, 0.05) is 17.1 Å². The summed E-state index contributed by atoms with van der Waals surface area (Å²) in [5.74, 6) is -0.315. The Morgan fingerprint density at radius 1 is 1.15 bits per heavy atom. The van der Waals surface area contributed by atoms with E-state index in [4.69, 9.17) is 4.74 Å². The maximum atomic E-state index is 11.5. The van der Waals surface area contributed by atoms with Gasteiger partial charge in [-0.2, -0.15) is 0 Å². The molecule has 1 aromatic carbocycles. The minimum atomic E-state index is -0.315. The van der Waals surface area contributed by atoms with E-state index in [1.54, 1.807) is 0 Å². The van der Waals surface area contributed by atoms with Crippen LogP contribution in [0.4, 0.5) is 0 Å². The average Bonchev–Trinajstić information content (AvgIpc) is 2.90. The highest BCUT2D eigenvalue weighted by Gasteiger charge is 2.11. The summed E-state index contributed by atoms with van der Waals surface area (Å²) >= 11 is 1.35. The van der Waals surface area contributed by atoms with Crippen molar-refractivity contribution in [2.45, 2.75) is 6.92 Å². The summed E-state index contributed by atoms with van der Waals surface area (Å²) in [4.78, 5) is 17.4. The number of hydrogen-bond acceptors (Lipinski definition) is 4. The Balaban J connectivity index is 2.06. The van der Waals surface area contributed by atoms with Gasteiger partial charge in [-0.05, 0) is 24.6 Å². The van der Waals surface area contributed by atoms with E-state index >= 15 is 0 Å². The molecule has 100 valence electrons. The van der Waals surface area contributed by atoms with Crippen molar-refractivity contribution in [3.8, 4) is 11.1 Å². The van der Waals surface area contributed by atoms with Crippen LogP contribution < -0.4 is 0 Å². The van der Waals surface area contributed by atoms with Crippen LogP contribution in [0.1, 0.15) is 15.2 Å². The first kappa shape index (κ1) is 12.8. The highest BCUT2D eigenvalue weighted by atomic mass is 32.1. The van der Waals surface area contributed by atoms with Gasteiger partial charge in [-0.3, -0.25) is 0 Å². The lowest BCUT2D eigenvalue weighted by Crippen LogP contribution is -1.96. The summed E-state index contributed by atoms with van der Waals surface area (Å²) in [5, 5.41) is 0.966. The lowest BCUT2D eigenvalue weighted by Gasteiger charge is -2.01. The SMILES string of the molecule is COC(=O)c1cc2cc(-c3ccc(C)cc3)cnc2s1. The molecule has 0 fully saturated rings. The summed E-state index contributed by atoms with van der Waals surface area (Å²) in [6.45, 7) is 2.06. The number of aromatic nitrogens is 1. The number of pyridine rings is 1. The minimum Gasteiger partial charge on any atom is -0.465 e. The molecule has 0 bridgehead atoms. The van der Waals surface area contributed by atoms with Crippen molar-refractivity contribution in [3.05, 3.63) is 53.0 Å². The van der Waals surface area contributed by atoms with Crippen LogP contribution in [0.5, 0.6) is 0 Å². The van der Waals surface area contributed by atoms with Crippen molar-refractivity contribution in [3.63, 3.8) is 0 Å². The largest absolute Gasteiger partial charge is 0.465 e. The van der Waals surface area contributed by atoms with E-state index in [-0.39, 0.29) is 5.97 Å². The van der Waals surface area contributed by atoms with Crippen molar-refractivity contribution < 1.29 is 9.53 Å². The zero-order chi connectivity index (χ0) is 14.1. The molecule has 0 radical (unpaired) electrons. The molecule has 0 saturated heterocycles. The summed E-state index contributed by atoms with van der Waals surface area (Å²) in [6.07, 6.45) is 1.84. The lowest BCUT2D eigenvalue weighted by atomic mass is 10.1. The van der Waals surface area contributed by atoms with Gasteiger partial charge in [-0.15, -0.1) is 11.3 Å². The minimum absolute atomic E-state index is 0.315. The Bertz CT molecular complexity index is 775. The van der Waals surface area contributed by atoms with Gasteiger partial charge < -0.3 is 4.74 Å². The van der Waals surface area contributed by atoms with E-state index in [2.05, 4.69) is 42.2 Å². The molecular weight excluding hydrogens is 270 g/mol. The number of nitrogens with zero attached hydrogens (tertiary/aromatic N) is 1. The van der Waals surface area contributed by atoms with Crippen LogP contribution in [0.25, 0.3) is 21.3 Å². The number of thiophene rings is 1. The molecule has 2 heterocycles. The van der Waals surface area contributed by atoms with E-state index in [1.165, 1.54) is 24.0 Å². The number of carbonyl (C=O) groups excluding carboxylic acids is 1. The fraction of sp³-hybridized carbons (Fsp3) is 0.125. The molecule has 4 heteroatoms. The molecule has 0 aliphatic heterocycles. The summed E-state index contributed by atoms with van der Waals surface area (Å²) in [5.41, 5.74) is 3.40. The van der Waals surface area contributed by atoms with Gasteiger partial charge in [-0.25, -0.2) is 9.78 Å². The summed E-state index contributed by atoms with van der Waals surface area (Å²) in [6, 6.07) is 12.2. The van der Waals surface area contributed by atoms with Crippen molar-refractivity contribution in [1.29, 1.82) is 0 Å². The van der Waals surface area contributed by atoms with Crippen LogP contribution in [0.3, 0.4) is 0 Å². The zero-order valence-corrected chi connectivity index (χ0v) is 12.0. The van der Waals surface area contributed by atoms with E-state index < -0.39 is 0 Å². The number of esters is 1. The van der Waals surface area contributed by atoms with Crippen LogP contribution in [-0.4, -0.2) is 18.1 Å². The summed E-state index contributed by atoms with van der Waals surface area (Å²) in [7, 11) is 1.39. The molecule has 0 unspecified atom stereocenters.